The van der Waals surface area contributed by atoms with Gasteiger partial charge in [0.1, 0.15) is 17.9 Å². The van der Waals surface area contributed by atoms with E-state index >= 15 is 0 Å². The van der Waals surface area contributed by atoms with Gasteiger partial charge < -0.3 is 4.74 Å². The average molecular weight is 270 g/mol. The van der Waals surface area contributed by atoms with Gasteiger partial charge in [-0.15, -0.1) is 0 Å². The summed E-state index contributed by atoms with van der Waals surface area (Å²) in [4.78, 5) is 23.2. The highest BCUT2D eigenvalue weighted by molar-refractivity contribution is 6.04. The van der Waals surface area contributed by atoms with Crippen LogP contribution in [0.4, 0.5) is 8.78 Å². The van der Waals surface area contributed by atoms with Crippen molar-refractivity contribution in [3.8, 4) is 0 Å². The zero-order valence-corrected chi connectivity index (χ0v) is 10.2. The van der Waals surface area contributed by atoms with E-state index in [0.717, 1.165) is 4.68 Å². The third-order valence-corrected chi connectivity index (χ3v) is 3.55. The lowest BCUT2D eigenvalue weighted by atomic mass is 10.1. The highest BCUT2D eigenvalue weighted by Crippen LogP contribution is 2.57. The van der Waals surface area contributed by atoms with Crippen LogP contribution in [-0.2, 0) is 16.1 Å². The number of ketones is 1. The van der Waals surface area contributed by atoms with Crippen LogP contribution in [0.3, 0.4) is 0 Å². The first-order chi connectivity index (χ1) is 9.04. The first-order valence-corrected chi connectivity index (χ1v) is 6.13. The number of nitrogens with zero attached hydrogens (tertiary/aromatic N) is 2. The van der Waals surface area contributed by atoms with Crippen molar-refractivity contribution in [1.82, 2.24) is 9.78 Å². The van der Waals surface area contributed by atoms with E-state index < -0.39 is 12.4 Å². The Hall–Kier alpha value is -1.79. The molecule has 0 aliphatic heterocycles. The summed E-state index contributed by atoms with van der Waals surface area (Å²) in [5.41, 5.74) is 0.150. The van der Waals surface area contributed by atoms with Crippen molar-refractivity contribution in [3.63, 3.8) is 0 Å². The van der Waals surface area contributed by atoms with Crippen molar-refractivity contribution in [2.45, 2.75) is 32.2 Å². The van der Waals surface area contributed by atoms with E-state index in [0.29, 0.717) is 12.0 Å². The molecule has 0 saturated heterocycles. The molecule has 0 aromatic carbocycles. The number of carbonyl (C=O) groups is 2. The fraction of sp³-hybridized carbons (Fsp3) is 0.583. The fourth-order valence-electron chi connectivity index (χ4n) is 2.70. The third kappa shape index (κ3) is 1.75. The first kappa shape index (κ1) is 12.3. The van der Waals surface area contributed by atoms with Crippen LogP contribution in [0.5, 0.6) is 0 Å². The predicted octanol–water partition coefficient (Wildman–Crippen LogP) is 1.68. The van der Waals surface area contributed by atoms with Crippen molar-refractivity contribution in [3.05, 3.63) is 17.0 Å². The molecular formula is C12H12F2N2O3. The van der Waals surface area contributed by atoms with Crippen molar-refractivity contribution in [2.24, 2.45) is 5.92 Å². The van der Waals surface area contributed by atoms with Crippen LogP contribution in [0, 0.1) is 5.92 Å². The Morgan fingerprint density at radius 3 is 2.89 bits per heavy atom. The molecule has 2 atom stereocenters. The van der Waals surface area contributed by atoms with Crippen LogP contribution < -0.4 is 0 Å². The van der Waals surface area contributed by atoms with Gasteiger partial charge in [0.05, 0.1) is 6.61 Å². The third-order valence-electron chi connectivity index (χ3n) is 3.55. The SMILES string of the molecule is CCOC(=O)Cn1nc2c(c1C(F)F)C1CC1C2=O. The summed E-state index contributed by atoms with van der Waals surface area (Å²) in [5, 5.41) is 3.88. The molecule has 7 heteroatoms. The minimum absolute atomic E-state index is 0.112. The molecule has 0 N–H and O–H groups in total. The second kappa shape index (κ2) is 4.11. The molecule has 19 heavy (non-hydrogen) atoms. The van der Waals surface area contributed by atoms with Gasteiger partial charge in [-0.25, -0.2) is 8.78 Å². The van der Waals surface area contributed by atoms with Crippen LogP contribution in [-0.4, -0.2) is 28.1 Å². The normalized spacial score (nSPS) is 23.5. The van der Waals surface area contributed by atoms with Crippen molar-refractivity contribution in [2.75, 3.05) is 6.61 Å². The summed E-state index contributed by atoms with van der Waals surface area (Å²) < 4.78 is 31.9. The van der Waals surface area contributed by atoms with E-state index in [1.165, 1.54) is 0 Å². The molecular weight excluding hydrogens is 258 g/mol. The molecule has 0 bridgehead atoms. The number of ether oxygens (including phenoxy) is 1. The summed E-state index contributed by atoms with van der Waals surface area (Å²) in [5.74, 6) is -1.09. The van der Waals surface area contributed by atoms with Crippen LogP contribution in [0.2, 0.25) is 0 Å². The Morgan fingerprint density at radius 1 is 1.53 bits per heavy atom. The maximum absolute atomic E-state index is 13.1. The minimum atomic E-state index is -2.75. The van der Waals surface area contributed by atoms with Gasteiger partial charge in [0.2, 0.25) is 0 Å². The molecule has 1 heterocycles. The van der Waals surface area contributed by atoms with Crippen molar-refractivity contribution in [1.29, 1.82) is 0 Å². The number of fused-ring (bicyclic) bond motifs is 3. The Morgan fingerprint density at radius 2 is 2.26 bits per heavy atom. The molecule has 0 amide bonds. The molecule has 1 aromatic rings. The zero-order chi connectivity index (χ0) is 13.7. The van der Waals surface area contributed by atoms with E-state index in [1.54, 1.807) is 6.92 Å². The zero-order valence-electron chi connectivity index (χ0n) is 10.2. The summed E-state index contributed by atoms with van der Waals surface area (Å²) >= 11 is 0. The molecule has 2 unspecified atom stereocenters. The van der Waals surface area contributed by atoms with Gasteiger partial charge in [0.25, 0.3) is 6.43 Å². The topological polar surface area (TPSA) is 61.2 Å². The number of halogens is 2. The average Bonchev–Trinajstić information content (AvgIpc) is 2.96. The highest BCUT2D eigenvalue weighted by atomic mass is 19.3. The fourth-order valence-corrected chi connectivity index (χ4v) is 2.70. The number of esters is 1. The largest absolute Gasteiger partial charge is 0.465 e. The monoisotopic (exact) mass is 270 g/mol. The van der Waals surface area contributed by atoms with E-state index in [4.69, 9.17) is 4.74 Å². The molecule has 102 valence electrons. The molecule has 2 aliphatic carbocycles. The van der Waals surface area contributed by atoms with E-state index in [1.807, 2.05) is 0 Å². The predicted molar refractivity (Wildman–Crippen MR) is 59.0 cm³/mol. The lowest BCUT2D eigenvalue weighted by Gasteiger charge is -2.07. The maximum Gasteiger partial charge on any atom is 0.327 e. The lowest BCUT2D eigenvalue weighted by Crippen LogP contribution is -2.17. The second-order valence-corrected chi connectivity index (χ2v) is 4.72. The van der Waals surface area contributed by atoms with Crippen LogP contribution in [0.15, 0.2) is 0 Å². The number of hydrogen-bond acceptors (Lipinski definition) is 4. The molecule has 0 radical (unpaired) electrons. The van der Waals surface area contributed by atoms with E-state index in [2.05, 4.69) is 5.10 Å². The number of Topliss-reactive ketones (excluding diaryl/α,β-unsaturated/α-hetero) is 1. The second-order valence-electron chi connectivity index (χ2n) is 4.72. The smallest absolute Gasteiger partial charge is 0.327 e. The Balaban J connectivity index is 1.97. The van der Waals surface area contributed by atoms with Gasteiger partial charge in [-0.3, -0.25) is 14.3 Å². The number of rotatable bonds is 4. The quantitative estimate of drug-likeness (QED) is 0.781. The summed E-state index contributed by atoms with van der Waals surface area (Å²) in [6, 6.07) is 0. The van der Waals surface area contributed by atoms with Gasteiger partial charge in [-0.1, -0.05) is 0 Å². The Kier molecular flexibility index (Phi) is 2.65. The van der Waals surface area contributed by atoms with Gasteiger partial charge in [0, 0.05) is 11.5 Å². The van der Waals surface area contributed by atoms with E-state index in [-0.39, 0.29) is 42.2 Å². The van der Waals surface area contributed by atoms with Gasteiger partial charge in [-0.05, 0) is 19.3 Å². The lowest BCUT2D eigenvalue weighted by molar-refractivity contribution is -0.144. The minimum Gasteiger partial charge on any atom is -0.465 e. The molecule has 0 spiro atoms. The number of carbonyl (C=O) groups excluding carboxylic acids is 2. The molecule has 1 saturated carbocycles. The van der Waals surface area contributed by atoms with Gasteiger partial charge in [0.15, 0.2) is 5.78 Å². The molecule has 1 aromatic heterocycles. The summed E-state index contributed by atoms with van der Waals surface area (Å²) in [7, 11) is 0. The van der Waals surface area contributed by atoms with Crippen molar-refractivity contribution < 1.29 is 23.1 Å². The molecule has 5 nitrogen and oxygen atoms in total. The first-order valence-electron chi connectivity index (χ1n) is 6.13. The van der Waals surface area contributed by atoms with E-state index in [9.17, 15) is 18.4 Å². The molecule has 3 rings (SSSR count). The van der Waals surface area contributed by atoms with Crippen molar-refractivity contribution >= 4 is 11.8 Å². The number of hydrogen-bond donors (Lipinski definition) is 0. The summed E-state index contributed by atoms with van der Waals surface area (Å²) in [6.45, 7) is 1.42. The molecule has 1 fully saturated rings. The Bertz CT molecular complexity index is 568. The van der Waals surface area contributed by atoms with Crippen LogP contribution >= 0.6 is 0 Å². The van der Waals surface area contributed by atoms with Gasteiger partial charge >= 0.3 is 5.97 Å². The highest BCUT2D eigenvalue weighted by Gasteiger charge is 2.56. The summed E-state index contributed by atoms with van der Waals surface area (Å²) in [6.07, 6.45) is -2.13. The van der Waals surface area contributed by atoms with Gasteiger partial charge in [-0.2, -0.15) is 5.10 Å². The number of alkyl halides is 2. The maximum atomic E-state index is 13.1. The Labute approximate surface area is 107 Å². The van der Waals surface area contributed by atoms with Crippen LogP contribution in [0.25, 0.3) is 0 Å². The van der Waals surface area contributed by atoms with Crippen LogP contribution in [0.1, 0.15) is 47.4 Å². The number of aromatic nitrogens is 2. The standard InChI is InChI=1S/C12H12F2N2O3/c1-2-19-7(17)4-16-10(12(13)14)8-5-3-6(5)11(18)9(8)15-16/h5-6,12H,2-4H2,1H3. The molecule has 2 aliphatic rings.